The van der Waals surface area contributed by atoms with Crippen molar-refractivity contribution in [1.29, 1.82) is 0 Å². The van der Waals surface area contributed by atoms with Gasteiger partial charge in [0.2, 0.25) is 5.91 Å². The van der Waals surface area contributed by atoms with Crippen molar-refractivity contribution in [3.05, 3.63) is 30.3 Å². The minimum Gasteiger partial charge on any atom is -0.367 e. The molecule has 1 amide bonds. The maximum atomic E-state index is 13.7. The molecule has 0 bridgehead atoms. The number of nitrogens with two attached hydrogens (primary N) is 1. The maximum absolute atomic E-state index is 13.7. The molecule has 2 aromatic rings. The second-order valence-corrected chi connectivity index (χ2v) is 4.54. The fourth-order valence-electron chi connectivity index (χ4n) is 2.30. The van der Waals surface area contributed by atoms with Gasteiger partial charge in [-0.15, -0.1) is 0 Å². The molecule has 1 saturated heterocycles. The molecule has 2 heterocycles. The number of morpholine rings is 1. The molecule has 0 spiro atoms. The van der Waals surface area contributed by atoms with Gasteiger partial charge in [0, 0.05) is 11.9 Å². The summed E-state index contributed by atoms with van der Waals surface area (Å²) >= 11 is 0. The Labute approximate surface area is 114 Å². The molecule has 0 aliphatic carbocycles. The fraction of sp³-hybridized carbons (Fsp3) is 0.308. The van der Waals surface area contributed by atoms with Crippen LogP contribution in [-0.2, 0) is 9.53 Å². The zero-order chi connectivity index (χ0) is 14.1. The van der Waals surface area contributed by atoms with E-state index in [1.807, 2.05) is 4.90 Å². The average molecular weight is 276 g/mol. The molecule has 1 unspecified atom stereocenters. The third kappa shape index (κ3) is 2.16. The molecule has 1 atom stereocenters. The summed E-state index contributed by atoms with van der Waals surface area (Å²) in [5.41, 5.74) is 5.52. The molecular weight excluding hydrogens is 263 g/mol. The summed E-state index contributed by atoms with van der Waals surface area (Å²) < 4.78 is 19.0. The van der Waals surface area contributed by atoms with Crippen LogP contribution in [-0.4, -0.2) is 41.7 Å². The topological polar surface area (TPSA) is 81.3 Å². The number of aromatic nitrogens is 2. The second-order valence-electron chi connectivity index (χ2n) is 4.54. The molecule has 1 aromatic heterocycles. The van der Waals surface area contributed by atoms with E-state index >= 15 is 0 Å². The molecular formula is C13H13FN4O2. The van der Waals surface area contributed by atoms with E-state index in [0.717, 1.165) is 0 Å². The van der Waals surface area contributed by atoms with E-state index in [-0.39, 0.29) is 5.52 Å². The standard InChI is InChI=1S/C13H13FN4O2/c14-9-3-1-2-8-11(9)16-7-17-13(8)18-4-5-20-10(6-18)12(15)19/h1-3,7,10H,4-6H2,(H2,15,19). The lowest BCUT2D eigenvalue weighted by Gasteiger charge is -2.32. The zero-order valence-electron chi connectivity index (χ0n) is 10.6. The number of primary amides is 1. The highest BCUT2D eigenvalue weighted by Crippen LogP contribution is 2.25. The number of nitrogens with zero attached hydrogens (tertiary/aromatic N) is 3. The van der Waals surface area contributed by atoms with Gasteiger partial charge in [0.15, 0.2) is 6.10 Å². The van der Waals surface area contributed by atoms with Crippen molar-refractivity contribution in [3.8, 4) is 0 Å². The molecule has 104 valence electrons. The van der Waals surface area contributed by atoms with Gasteiger partial charge in [-0.25, -0.2) is 14.4 Å². The van der Waals surface area contributed by atoms with Crippen molar-refractivity contribution in [1.82, 2.24) is 9.97 Å². The Morgan fingerprint density at radius 1 is 1.45 bits per heavy atom. The number of rotatable bonds is 2. The van der Waals surface area contributed by atoms with Crippen LogP contribution in [0.1, 0.15) is 0 Å². The fourth-order valence-corrected chi connectivity index (χ4v) is 2.30. The van der Waals surface area contributed by atoms with Gasteiger partial charge in [-0.1, -0.05) is 6.07 Å². The number of benzene rings is 1. The van der Waals surface area contributed by atoms with Crippen LogP contribution in [0, 0.1) is 5.82 Å². The van der Waals surface area contributed by atoms with Gasteiger partial charge in [0.1, 0.15) is 23.5 Å². The first-order valence-electron chi connectivity index (χ1n) is 6.22. The van der Waals surface area contributed by atoms with Crippen LogP contribution in [0.2, 0.25) is 0 Å². The quantitative estimate of drug-likeness (QED) is 0.861. The van der Waals surface area contributed by atoms with E-state index in [2.05, 4.69) is 9.97 Å². The largest absolute Gasteiger partial charge is 0.367 e. The Bertz CT molecular complexity index is 664. The van der Waals surface area contributed by atoms with Crippen LogP contribution in [0.3, 0.4) is 0 Å². The summed E-state index contributed by atoms with van der Waals surface area (Å²) in [6, 6.07) is 4.71. The third-order valence-corrected chi connectivity index (χ3v) is 3.28. The highest BCUT2D eigenvalue weighted by atomic mass is 19.1. The van der Waals surface area contributed by atoms with Gasteiger partial charge in [-0.2, -0.15) is 0 Å². The molecule has 3 rings (SSSR count). The Kier molecular flexibility index (Phi) is 3.19. The number of amides is 1. The summed E-state index contributed by atoms with van der Waals surface area (Å²) in [7, 11) is 0. The van der Waals surface area contributed by atoms with Crippen LogP contribution in [0.4, 0.5) is 10.2 Å². The Balaban J connectivity index is 2.02. The normalized spacial score (nSPS) is 19.2. The maximum Gasteiger partial charge on any atom is 0.248 e. The molecule has 1 aliphatic heterocycles. The minimum absolute atomic E-state index is 0.264. The number of carbonyl (C=O) groups is 1. The van der Waals surface area contributed by atoms with Gasteiger partial charge in [-0.05, 0) is 12.1 Å². The Hall–Kier alpha value is -2.28. The van der Waals surface area contributed by atoms with E-state index in [1.54, 1.807) is 12.1 Å². The molecule has 6 nitrogen and oxygen atoms in total. The number of anilines is 1. The van der Waals surface area contributed by atoms with E-state index in [1.165, 1.54) is 12.4 Å². The molecule has 1 aromatic carbocycles. The second kappa shape index (κ2) is 5.01. The summed E-state index contributed by atoms with van der Waals surface area (Å²) in [5.74, 6) is -0.325. The summed E-state index contributed by atoms with van der Waals surface area (Å²) in [6.45, 7) is 1.23. The van der Waals surface area contributed by atoms with E-state index in [9.17, 15) is 9.18 Å². The van der Waals surface area contributed by atoms with Crippen LogP contribution >= 0.6 is 0 Å². The first kappa shape index (κ1) is 12.7. The lowest BCUT2D eigenvalue weighted by molar-refractivity contribution is -0.130. The van der Waals surface area contributed by atoms with Gasteiger partial charge in [-0.3, -0.25) is 4.79 Å². The number of halogens is 1. The first-order valence-corrected chi connectivity index (χ1v) is 6.22. The van der Waals surface area contributed by atoms with Crippen molar-refractivity contribution < 1.29 is 13.9 Å². The predicted molar refractivity (Wildman–Crippen MR) is 70.6 cm³/mol. The van der Waals surface area contributed by atoms with Gasteiger partial charge in [0.25, 0.3) is 0 Å². The van der Waals surface area contributed by atoms with E-state index < -0.39 is 17.8 Å². The summed E-state index contributed by atoms with van der Waals surface area (Å²) in [5, 5.41) is 0.609. The van der Waals surface area contributed by atoms with Crippen LogP contribution in [0.15, 0.2) is 24.5 Å². The lowest BCUT2D eigenvalue weighted by Crippen LogP contribution is -2.48. The molecule has 0 saturated carbocycles. The van der Waals surface area contributed by atoms with Gasteiger partial charge < -0.3 is 15.4 Å². The highest BCUT2D eigenvalue weighted by Gasteiger charge is 2.26. The first-order chi connectivity index (χ1) is 9.66. The molecule has 0 radical (unpaired) electrons. The van der Waals surface area contributed by atoms with E-state index in [4.69, 9.17) is 10.5 Å². The highest BCUT2D eigenvalue weighted by molar-refractivity contribution is 5.90. The van der Waals surface area contributed by atoms with Crippen molar-refractivity contribution in [2.45, 2.75) is 6.10 Å². The van der Waals surface area contributed by atoms with E-state index in [0.29, 0.717) is 30.9 Å². The number of carbonyl (C=O) groups excluding carboxylic acids is 1. The molecule has 1 aliphatic rings. The number of hydrogen-bond acceptors (Lipinski definition) is 5. The van der Waals surface area contributed by atoms with Crippen molar-refractivity contribution in [2.24, 2.45) is 5.73 Å². The SMILES string of the molecule is NC(=O)C1CN(c2ncnc3c(F)cccc23)CCO1. The summed E-state index contributed by atoms with van der Waals surface area (Å²) in [6.07, 6.45) is 0.637. The molecule has 2 N–H and O–H groups in total. The third-order valence-electron chi connectivity index (χ3n) is 3.28. The van der Waals surface area contributed by atoms with Crippen molar-refractivity contribution in [3.63, 3.8) is 0 Å². The Morgan fingerprint density at radius 2 is 2.30 bits per heavy atom. The number of ether oxygens (including phenoxy) is 1. The molecule has 20 heavy (non-hydrogen) atoms. The van der Waals surface area contributed by atoms with Crippen LogP contribution in [0.5, 0.6) is 0 Å². The van der Waals surface area contributed by atoms with Gasteiger partial charge >= 0.3 is 0 Å². The van der Waals surface area contributed by atoms with Crippen molar-refractivity contribution in [2.75, 3.05) is 24.6 Å². The van der Waals surface area contributed by atoms with Crippen molar-refractivity contribution >= 4 is 22.6 Å². The lowest BCUT2D eigenvalue weighted by atomic mass is 10.2. The predicted octanol–water partition coefficient (Wildman–Crippen LogP) is 0.459. The number of para-hydroxylation sites is 1. The monoisotopic (exact) mass is 276 g/mol. The van der Waals surface area contributed by atoms with Gasteiger partial charge in [0.05, 0.1) is 13.2 Å². The van der Waals surface area contributed by atoms with Crippen LogP contribution in [0.25, 0.3) is 10.9 Å². The number of hydrogen-bond donors (Lipinski definition) is 1. The minimum atomic E-state index is -0.678. The summed E-state index contributed by atoms with van der Waals surface area (Å²) in [4.78, 5) is 21.3. The molecule has 1 fully saturated rings. The zero-order valence-corrected chi connectivity index (χ0v) is 10.6. The molecule has 7 heteroatoms. The smallest absolute Gasteiger partial charge is 0.248 e. The Morgan fingerprint density at radius 3 is 3.10 bits per heavy atom. The number of fused-ring (bicyclic) bond motifs is 1. The average Bonchev–Trinajstić information content (AvgIpc) is 2.47. The van der Waals surface area contributed by atoms with Crippen LogP contribution < -0.4 is 10.6 Å².